The van der Waals surface area contributed by atoms with Crippen molar-refractivity contribution in [1.29, 1.82) is 5.26 Å². The summed E-state index contributed by atoms with van der Waals surface area (Å²) >= 11 is 1.30. The second-order valence-corrected chi connectivity index (χ2v) is 7.65. The van der Waals surface area contributed by atoms with E-state index < -0.39 is 0 Å². The van der Waals surface area contributed by atoms with E-state index >= 15 is 0 Å². The van der Waals surface area contributed by atoms with Crippen LogP contribution < -0.4 is 5.56 Å². The SMILES string of the molecule is CCC(C)c1ccc(-n2c(SC(C)C#N)nc3ccccc3c2=O)cc1. The van der Waals surface area contributed by atoms with E-state index in [1.807, 2.05) is 37.3 Å². The lowest BCUT2D eigenvalue weighted by Crippen LogP contribution is -2.22. The van der Waals surface area contributed by atoms with Gasteiger partial charge < -0.3 is 0 Å². The average Bonchev–Trinajstić information content (AvgIpc) is 2.67. The van der Waals surface area contributed by atoms with Gasteiger partial charge in [-0.2, -0.15) is 5.26 Å². The van der Waals surface area contributed by atoms with E-state index in [2.05, 4.69) is 37.0 Å². The van der Waals surface area contributed by atoms with Gasteiger partial charge in [-0.3, -0.25) is 9.36 Å². The van der Waals surface area contributed by atoms with Crippen molar-refractivity contribution in [1.82, 2.24) is 9.55 Å². The lowest BCUT2D eigenvalue weighted by Gasteiger charge is -2.15. The summed E-state index contributed by atoms with van der Waals surface area (Å²) in [5, 5.41) is 10.00. The van der Waals surface area contributed by atoms with Crippen molar-refractivity contribution in [3.63, 3.8) is 0 Å². The molecular formula is C21H21N3OS. The predicted octanol–water partition coefficient (Wildman–Crippen LogP) is 4.90. The van der Waals surface area contributed by atoms with Crippen LogP contribution in [0, 0.1) is 11.3 Å². The molecule has 3 aromatic rings. The normalized spacial score (nSPS) is 13.3. The highest BCUT2D eigenvalue weighted by atomic mass is 32.2. The fourth-order valence-electron chi connectivity index (χ4n) is 2.79. The summed E-state index contributed by atoms with van der Waals surface area (Å²) in [6.07, 6.45) is 1.07. The van der Waals surface area contributed by atoms with Gasteiger partial charge in [-0.1, -0.05) is 49.9 Å². The Morgan fingerprint density at radius 3 is 2.50 bits per heavy atom. The van der Waals surface area contributed by atoms with Crippen molar-refractivity contribution in [2.75, 3.05) is 0 Å². The molecule has 1 aromatic heterocycles. The van der Waals surface area contributed by atoms with E-state index in [-0.39, 0.29) is 10.8 Å². The Labute approximate surface area is 157 Å². The topological polar surface area (TPSA) is 58.7 Å². The van der Waals surface area contributed by atoms with E-state index in [4.69, 9.17) is 0 Å². The molecule has 3 rings (SSSR count). The molecule has 0 aliphatic rings. The summed E-state index contributed by atoms with van der Waals surface area (Å²) in [6, 6.07) is 17.6. The minimum atomic E-state index is -0.298. The highest BCUT2D eigenvalue weighted by Crippen LogP contribution is 2.26. The molecule has 26 heavy (non-hydrogen) atoms. The van der Waals surface area contributed by atoms with Crippen LogP contribution in [-0.4, -0.2) is 14.8 Å². The van der Waals surface area contributed by atoms with Crippen LogP contribution in [0.4, 0.5) is 0 Å². The van der Waals surface area contributed by atoms with Crippen molar-refractivity contribution in [3.8, 4) is 11.8 Å². The molecule has 5 heteroatoms. The average molecular weight is 363 g/mol. The second-order valence-electron chi connectivity index (χ2n) is 6.34. The zero-order valence-corrected chi connectivity index (χ0v) is 16.0. The molecule has 1 heterocycles. The van der Waals surface area contributed by atoms with Crippen LogP contribution in [0.15, 0.2) is 58.5 Å². The Balaban J connectivity index is 2.19. The maximum Gasteiger partial charge on any atom is 0.266 e. The van der Waals surface area contributed by atoms with Gasteiger partial charge in [0.2, 0.25) is 0 Å². The molecule has 2 unspecified atom stereocenters. The number of aromatic nitrogens is 2. The number of hydrogen-bond acceptors (Lipinski definition) is 4. The summed E-state index contributed by atoms with van der Waals surface area (Å²) in [6.45, 7) is 6.16. The van der Waals surface area contributed by atoms with Gasteiger partial charge in [0.25, 0.3) is 5.56 Å². The maximum atomic E-state index is 13.1. The van der Waals surface area contributed by atoms with Gasteiger partial charge in [0.15, 0.2) is 5.16 Å². The zero-order chi connectivity index (χ0) is 18.7. The van der Waals surface area contributed by atoms with Crippen molar-refractivity contribution in [2.45, 2.75) is 43.5 Å². The van der Waals surface area contributed by atoms with E-state index in [9.17, 15) is 10.1 Å². The summed E-state index contributed by atoms with van der Waals surface area (Å²) in [5.41, 5.74) is 2.56. The third kappa shape index (κ3) is 3.51. The van der Waals surface area contributed by atoms with Crippen molar-refractivity contribution < 1.29 is 0 Å². The first-order valence-electron chi connectivity index (χ1n) is 8.73. The zero-order valence-electron chi connectivity index (χ0n) is 15.1. The third-order valence-electron chi connectivity index (χ3n) is 4.54. The van der Waals surface area contributed by atoms with Gasteiger partial charge in [-0.15, -0.1) is 0 Å². The summed E-state index contributed by atoms with van der Waals surface area (Å²) in [7, 11) is 0. The predicted molar refractivity (Wildman–Crippen MR) is 107 cm³/mol. The quantitative estimate of drug-likeness (QED) is 0.478. The first-order chi connectivity index (χ1) is 12.5. The summed E-state index contributed by atoms with van der Waals surface area (Å²) in [5.74, 6) is 0.475. The first-order valence-corrected chi connectivity index (χ1v) is 9.61. The highest BCUT2D eigenvalue weighted by Gasteiger charge is 2.16. The Bertz CT molecular complexity index is 1020. The number of nitrogens with zero attached hydrogens (tertiary/aromatic N) is 3. The molecule has 0 radical (unpaired) electrons. The van der Waals surface area contributed by atoms with Crippen LogP contribution >= 0.6 is 11.8 Å². The molecule has 0 saturated heterocycles. The van der Waals surface area contributed by atoms with Crippen molar-refractivity contribution in [3.05, 3.63) is 64.4 Å². The van der Waals surface area contributed by atoms with Crippen LogP contribution in [0.25, 0.3) is 16.6 Å². The molecule has 2 atom stereocenters. The van der Waals surface area contributed by atoms with Crippen molar-refractivity contribution >= 4 is 22.7 Å². The monoisotopic (exact) mass is 363 g/mol. The van der Waals surface area contributed by atoms with Gasteiger partial charge >= 0.3 is 0 Å². The van der Waals surface area contributed by atoms with Crippen LogP contribution in [0.1, 0.15) is 38.7 Å². The molecule has 0 amide bonds. The van der Waals surface area contributed by atoms with Gasteiger partial charge in [-0.05, 0) is 49.1 Å². The van der Waals surface area contributed by atoms with E-state index in [1.54, 1.807) is 10.6 Å². The molecule has 2 aromatic carbocycles. The van der Waals surface area contributed by atoms with E-state index in [0.717, 1.165) is 12.1 Å². The van der Waals surface area contributed by atoms with E-state index in [0.29, 0.717) is 22.0 Å². The summed E-state index contributed by atoms with van der Waals surface area (Å²) in [4.78, 5) is 17.8. The molecule has 4 nitrogen and oxygen atoms in total. The Hall–Kier alpha value is -2.58. The minimum Gasteiger partial charge on any atom is -0.268 e. The lowest BCUT2D eigenvalue weighted by atomic mass is 9.98. The van der Waals surface area contributed by atoms with Gasteiger partial charge in [-0.25, -0.2) is 4.98 Å². The summed E-state index contributed by atoms with van der Waals surface area (Å²) < 4.78 is 1.61. The fourth-order valence-corrected chi connectivity index (χ4v) is 3.60. The Morgan fingerprint density at radius 1 is 1.15 bits per heavy atom. The highest BCUT2D eigenvalue weighted by molar-refractivity contribution is 8.00. The largest absolute Gasteiger partial charge is 0.268 e. The third-order valence-corrected chi connectivity index (χ3v) is 5.49. The first kappa shape index (κ1) is 18.2. The number of para-hydroxylation sites is 1. The van der Waals surface area contributed by atoms with Crippen LogP contribution in [0.3, 0.4) is 0 Å². The molecule has 0 aliphatic heterocycles. The standard InChI is InChI=1S/C21H21N3OS/c1-4-14(2)16-9-11-17(12-10-16)24-20(25)18-7-5-6-8-19(18)23-21(24)26-15(3)13-22/h5-12,14-15H,4H2,1-3H3. The molecule has 132 valence electrons. The number of benzene rings is 2. The lowest BCUT2D eigenvalue weighted by molar-refractivity contribution is 0.732. The molecular weight excluding hydrogens is 342 g/mol. The van der Waals surface area contributed by atoms with Crippen LogP contribution in [-0.2, 0) is 0 Å². The molecule has 0 bridgehead atoms. The maximum absolute atomic E-state index is 13.1. The number of hydrogen-bond donors (Lipinski definition) is 0. The van der Waals surface area contributed by atoms with Crippen LogP contribution in [0.2, 0.25) is 0 Å². The number of rotatable bonds is 5. The minimum absolute atomic E-state index is 0.112. The fraction of sp³-hybridized carbons (Fsp3) is 0.286. The molecule has 0 N–H and O–H groups in total. The van der Waals surface area contributed by atoms with Gasteiger partial charge in [0.05, 0.1) is 27.9 Å². The van der Waals surface area contributed by atoms with Crippen molar-refractivity contribution in [2.24, 2.45) is 0 Å². The Morgan fingerprint density at radius 2 is 1.85 bits per heavy atom. The molecule has 0 saturated carbocycles. The molecule has 0 fully saturated rings. The van der Waals surface area contributed by atoms with E-state index in [1.165, 1.54) is 17.3 Å². The molecule has 0 aliphatic carbocycles. The number of thioether (sulfide) groups is 1. The van der Waals surface area contributed by atoms with Gasteiger partial charge in [0, 0.05) is 0 Å². The number of nitriles is 1. The number of fused-ring (bicyclic) bond motifs is 1. The smallest absolute Gasteiger partial charge is 0.266 e. The second kappa shape index (κ2) is 7.76. The van der Waals surface area contributed by atoms with Crippen LogP contribution in [0.5, 0.6) is 0 Å². The Kier molecular flexibility index (Phi) is 5.43. The molecule has 0 spiro atoms. The van der Waals surface area contributed by atoms with Gasteiger partial charge in [0.1, 0.15) is 0 Å².